The van der Waals surface area contributed by atoms with E-state index in [-0.39, 0.29) is 11.3 Å². The highest BCUT2D eigenvalue weighted by Gasteiger charge is 2.39. The standard InChI is InChI=1S/C14H21N3O/c15-11-14(7-2-3-8-14)13(18)17-10-6-12-5-1-4-9-16-12/h1,4-5,9H,2-3,6-8,10-11,15H2,(H,17,18). The van der Waals surface area contributed by atoms with Crippen LogP contribution in [0.5, 0.6) is 0 Å². The van der Waals surface area contributed by atoms with Gasteiger partial charge in [0.1, 0.15) is 0 Å². The zero-order valence-electron chi connectivity index (χ0n) is 10.7. The zero-order valence-corrected chi connectivity index (χ0v) is 10.7. The molecule has 1 aromatic rings. The predicted molar refractivity (Wildman–Crippen MR) is 70.9 cm³/mol. The average molecular weight is 247 g/mol. The van der Waals surface area contributed by atoms with E-state index in [2.05, 4.69) is 10.3 Å². The molecular formula is C14H21N3O. The summed E-state index contributed by atoms with van der Waals surface area (Å²) in [6, 6.07) is 5.83. The van der Waals surface area contributed by atoms with Gasteiger partial charge >= 0.3 is 0 Å². The Kier molecular flexibility index (Phi) is 4.31. The van der Waals surface area contributed by atoms with Crippen molar-refractivity contribution < 1.29 is 4.79 Å². The molecule has 4 heteroatoms. The summed E-state index contributed by atoms with van der Waals surface area (Å²) in [6.45, 7) is 1.10. The van der Waals surface area contributed by atoms with Crippen LogP contribution in [0.2, 0.25) is 0 Å². The fourth-order valence-electron chi connectivity index (χ4n) is 2.61. The minimum absolute atomic E-state index is 0.124. The molecule has 0 bridgehead atoms. The van der Waals surface area contributed by atoms with Crippen molar-refractivity contribution in [3.63, 3.8) is 0 Å². The lowest BCUT2D eigenvalue weighted by Crippen LogP contribution is -2.44. The molecule has 98 valence electrons. The number of rotatable bonds is 5. The number of amides is 1. The van der Waals surface area contributed by atoms with Gasteiger partial charge in [-0.25, -0.2) is 0 Å². The SMILES string of the molecule is NCC1(C(=O)NCCc2ccccn2)CCCC1. The summed E-state index contributed by atoms with van der Waals surface area (Å²) >= 11 is 0. The number of pyridine rings is 1. The average Bonchev–Trinajstić information content (AvgIpc) is 2.90. The minimum Gasteiger partial charge on any atom is -0.355 e. The van der Waals surface area contributed by atoms with Gasteiger partial charge in [0.25, 0.3) is 0 Å². The first kappa shape index (κ1) is 13.0. The molecule has 4 nitrogen and oxygen atoms in total. The summed E-state index contributed by atoms with van der Waals surface area (Å²) in [7, 11) is 0. The monoisotopic (exact) mass is 247 g/mol. The van der Waals surface area contributed by atoms with E-state index >= 15 is 0 Å². The van der Waals surface area contributed by atoms with Crippen molar-refractivity contribution in [1.82, 2.24) is 10.3 Å². The molecule has 1 amide bonds. The molecule has 1 saturated carbocycles. The van der Waals surface area contributed by atoms with E-state index < -0.39 is 0 Å². The van der Waals surface area contributed by atoms with Gasteiger partial charge in [-0.05, 0) is 25.0 Å². The molecule has 2 rings (SSSR count). The van der Waals surface area contributed by atoms with E-state index in [4.69, 9.17) is 5.73 Å². The molecule has 1 heterocycles. The summed E-state index contributed by atoms with van der Waals surface area (Å²) in [5.74, 6) is 0.124. The Morgan fingerprint density at radius 1 is 1.39 bits per heavy atom. The summed E-state index contributed by atoms with van der Waals surface area (Å²) in [4.78, 5) is 16.4. The number of nitrogens with two attached hydrogens (primary N) is 1. The molecule has 1 aliphatic rings. The Morgan fingerprint density at radius 3 is 2.78 bits per heavy atom. The number of hydrogen-bond acceptors (Lipinski definition) is 3. The van der Waals surface area contributed by atoms with Gasteiger partial charge in [-0.1, -0.05) is 18.9 Å². The lowest BCUT2D eigenvalue weighted by molar-refractivity contribution is -0.130. The van der Waals surface area contributed by atoms with Crippen molar-refractivity contribution in [2.75, 3.05) is 13.1 Å². The van der Waals surface area contributed by atoms with Crippen LogP contribution in [0, 0.1) is 5.41 Å². The molecule has 0 saturated heterocycles. The number of carbonyl (C=O) groups excluding carboxylic acids is 1. The van der Waals surface area contributed by atoms with Crippen molar-refractivity contribution in [2.24, 2.45) is 11.1 Å². The van der Waals surface area contributed by atoms with Crippen LogP contribution in [0.4, 0.5) is 0 Å². The van der Waals surface area contributed by atoms with Crippen LogP contribution in [0.25, 0.3) is 0 Å². The second-order valence-corrected chi connectivity index (χ2v) is 5.02. The molecule has 1 aliphatic carbocycles. The maximum Gasteiger partial charge on any atom is 0.227 e. The van der Waals surface area contributed by atoms with Gasteiger partial charge in [-0.2, -0.15) is 0 Å². The van der Waals surface area contributed by atoms with Gasteiger partial charge in [-0.3, -0.25) is 9.78 Å². The van der Waals surface area contributed by atoms with E-state index in [0.717, 1.165) is 37.8 Å². The molecule has 0 atom stereocenters. The molecule has 0 aliphatic heterocycles. The Balaban J connectivity index is 1.81. The quantitative estimate of drug-likeness (QED) is 0.823. The molecule has 0 aromatic carbocycles. The summed E-state index contributed by atoms with van der Waals surface area (Å²) in [6.07, 6.45) is 6.64. The highest BCUT2D eigenvalue weighted by molar-refractivity contribution is 5.83. The molecule has 0 unspecified atom stereocenters. The molecular weight excluding hydrogens is 226 g/mol. The molecule has 0 radical (unpaired) electrons. The van der Waals surface area contributed by atoms with E-state index in [0.29, 0.717) is 13.1 Å². The third-order valence-electron chi connectivity index (χ3n) is 3.83. The molecule has 0 spiro atoms. The predicted octanol–water partition coefficient (Wildman–Crippen LogP) is 1.26. The first-order chi connectivity index (χ1) is 8.77. The van der Waals surface area contributed by atoms with Crippen LogP contribution >= 0.6 is 0 Å². The van der Waals surface area contributed by atoms with Gasteiger partial charge in [0, 0.05) is 31.4 Å². The van der Waals surface area contributed by atoms with Crippen LogP contribution in [0.15, 0.2) is 24.4 Å². The fourth-order valence-corrected chi connectivity index (χ4v) is 2.61. The Hall–Kier alpha value is -1.42. The Bertz CT molecular complexity index is 385. The van der Waals surface area contributed by atoms with Crippen molar-refractivity contribution in [2.45, 2.75) is 32.1 Å². The van der Waals surface area contributed by atoms with Gasteiger partial charge < -0.3 is 11.1 Å². The molecule has 3 N–H and O–H groups in total. The summed E-state index contributed by atoms with van der Waals surface area (Å²) < 4.78 is 0. The summed E-state index contributed by atoms with van der Waals surface area (Å²) in [5.41, 5.74) is 6.48. The van der Waals surface area contributed by atoms with E-state index in [1.165, 1.54) is 0 Å². The largest absolute Gasteiger partial charge is 0.355 e. The third kappa shape index (κ3) is 2.88. The Labute approximate surface area is 108 Å². The first-order valence-corrected chi connectivity index (χ1v) is 6.65. The van der Waals surface area contributed by atoms with E-state index in [1.807, 2.05) is 18.2 Å². The first-order valence-electron chi connectivity index (χ1n) is 6.65. The number of carbonyl (C=O) groups is 1. The van der Waals surface area contributed by atoms with Crippen molar-refractivity contribution in [3.8, 4) is 0 Å². The second-order valence-electron chi connectivity index (χ2n) is 5.02. The third-order valence-corrected chi connectivity index (χ3v) is 3.83. The van der Waals surface area contributed by atoms with Crippen molar-refractivity contribution in [1.29, 1.82) is 0 Å². The lowest BCUT2D eigenvalue weighted by atomic mass is 9.85. The van der Waals surface area contributed by atoms with Crippen molar-refractivity contribution >= 4 is 5.91 Å². The maximum atomic E-state index is 12.2. The summed E-state index contributed by atoms with van der Waals surface area (Å²) in [5, 5.41) is 3.01. The number of aromatic nitrogens is 1. The highest BCUT2D eigenvalue weighted by Crippen LogP contribution is 2.37. The fraction of sp³-hybridized carbons (Fsp3) is 0.571. The van der Waals surface area contributed by atoms with Gasteiger partial charge in [0.2, 0.25) is 5.91 Å². The van der Waals surface area contributed by atoms with Crippen LogP contribution in [-0.4, -0.2) is 24.0 Å². The van der Waals surface area contributed by atoms with E-state index in [9.17, 15) is 4.79 Å². The van der Waals surface area contributed by atoms with Gasteiger partial charge in [0.15, 0.2) is 0 Å². The second kappa shape index (κ2) is 5.96. The van der Waals surface area contributed by atoms with Crippen LogP contribution in [-0.2, 0) is 11.2 Å². The zero-order chi connectivity index (χ0) is 12.8. The molecule has 18 heavy (non-hydrogen) atoms. The number of nitrogens with one attached hydrogen (secondary N) is 1. The maximum absolute atomic E-state index is 12.2. The van der Waals surface area contributed by atoms with Crippen LogP contribution < -0.4 is 11.1 Å². The van der Waals surface area contributed by atoms with E-state index in [1.54, 1.807) is 6.20 Å². The smallest absolute Gasteiger partial charge is 0.227 e. The number of hydrogen-bond donors (Lipinski definition) is 2. The molecule has 1 fully saturated rings. The Morgan fingerprint density at radius 2 is 2.17 bits per heavy atom. The van der Waals surface area contributed by atoms with Crippen molar-refractivity contribution in [3.05, 3.63) is 30.1 Å². The van der Waals surface area contributed by atoms with Gasteiger partial charge in [0.05, 0.1) is 5.41 Å². The van der Waals surface area contributed by atoms with Crippen LogP contribution in [0.3, 0.4) is 0 Å². The molecule has 1 aromatic heterocycles. The van der Waals surface area contributed by atoms with Gasteiger partial charge in [-0.15, -0.1) is 0 Å². The minimum atomic E-state index is -0.301. The lowest BCUT2D eigenvalue weighted by Gasteiger charge is -2.25. The van der Waals surface area contributed by atoms with Crippen LogP contribution in [0.1, 0.15) is 31.4 Å². The number of nitrogens with zero attached hydrogens (tertiary/aromatic N) is 1. The topological polar surface area (TPSA) is 68.0 Å². The highest BCUT2D eigenvalue weighted by atomic mass is 16.2. The normalized spacial score (nSPS) is 17.6.